The van der Waals surface area contributed by atoms with E-state index in [0.717, 1.165) is 47.2 Å². The van der Waals surface area contributed by atoms with E-state index in [-0.39, 0.29) is 5.75 Å². The van der Waals surface area contributed by atoms with E-state index in [1.54, 1.807) is 12.5 Å². The van der Waals surface area contributed by atoms with Crippen molar-refractivity contribution in [1.82, 2.24) is 14.1 Å². The quantitative estimate of drug-likeness (QED) is 0.327. The zero-order chi connectivity index (χ0) is 25.1. The van der Waals surface area contributed by atoms with Gasteiger partial charge in [0.2, 0.25) is 0 Å². The van der Waals surface area contributed by atoms with E-state index in [1.165, 1.54) is 4.72 Å². The predicted octanol–water partition coefficient (Wildman–Crippen LogP) is 4.12. The van der Waals surface area contributed by atoms with Crippen molar-refractivity contribution in [3.8, 4) is 23.1 Å². The van der Waals surface area contributed by atoms with Crippen LogP contribution in [0.25, 0.3) is 22.2 Å². The monoisotopic (exact) mass is 504 g/mol. The van der Waals surface area contributed by atoms with Crippen molar-refractivity contribution in [2.24, 2.45) is 0 Å². The summed E-state index contributed by atoms with van der Waals surface area (Å²) in [6, 6.07) is 16.1. The first-order valence-corrected chi connectivity index (χ1v) is 14.0. The summed E-state index contributed by atoms with van der Waals surface area (Å²) in [5.41, 5.74) is 4.06. The number of aromatic nitrogens is 3. The molecule has 2 heterocycles. The fourth-order valence-corrected chi connectivity index (χ4v) is 6.02. The van der Waals surface area contributed by atoms with Crippen LogP contribution in [-0.2, 0) is 16.6 Å². The Hall–Kier alpha value is -3.61. The lowest BCUT2D eigenvalue weighted by Crippen LogP contribution is -2.82. The first-order valence-electron chi connectivity index (χ1n) is 12.3. The maximum absolute atomic E-state index is 12.2. The summed E-state index contributed by atoms with van der Waals surface area (Å²) in [6.45, 7) is 3.07. The number of nitrogens with two attached hydrogens (primary N) is 1. The molecule has 0 spiro atoms. The van der Waals surface area contributed by atoms with Gasteiger partial charge in [-0.1, -0.05) is 6.92 Å². The van der Waals surface area contributed by atoms with Crippen molar-refractivity contribution in [1.29, 1.82) is 5.26 Å². The molecule has 2 N–H and O–H groups in total. The van der Waals surface area contributed by atoms with Crippen LogP contribution in [0.15, 0.2) is 61.2 Å². The molecule has 36 heavy (non-hydrogen) atoms. The van der Waals surface area contributed by atoms with Crippen molar-refractivity contribution < 1.29 is 17.9 Å². The molecule has 0 saturated heterocycles. The van der Waals surface area contributed by atoms with Gasteiger partial charge in [-0.25, -0.2) is 9.71 Å². The smallest absolute Gasteiger partial charge is 0.298 e. The predicted molar refractivity (Wildman–Crippen MR) is 138 cm³/mol. The Morgan fingerprint density at radius 1 is 1.19 bits per heavy atom. The molecule has 1 fully saturated rings. The third kappa shape index (κ3) is 4.87. The Kier molecular flexibility index (Phi) is 6.81. The van der Waals surface area contributed by atoms with E-state index in [9.17, 15) is 13.7 Å². The molecule has 0 atom stereocenters. The summed E-state index contributed by atoms with van der Waals surface area (Å²) in [5.74, 6) is 0.901. The molecule has 4 aromatic rings. The number of primary sulfonamides is 1. The third-order valence-corrected chi connectivity index (χ3v) is 8.30. The SMILES string of the molecule is CCCS(=O)(=O)[NH2+]c1ccc(-c2c(C#N)c3ccc(OCCn4ccnc4)cc3n2C2CCC2)cc1. The molecule has 186 valence electrons. The third-order valence-electron chi connectivity index (χ3n) is 6.69. The Morgan fingerprint density at radius 3 is 2.64 bits per heavy atom. The standard InChI is InChI=1S/C27H29N5O3S/c1-2-16-36(33,34)30-21-8-6-20(7-9-21)27-25(18-28)24-11-10-23(35-15-14-31-13-12-29-19-31)17-26(24)32(27)22-4-3-5-22/h6-13,17,19,22,30H,2-5,14-16H2,1H3/p+1. The van der Waals surface area contributed by atoms with Gasteiger partial charge in [0.1, 0.15) is 29.9 Å². The van der Waals surface area contributed by atoms with Gasteiger partial charge in [-0.3, -0.25) is 0 Å². The Morgan fingerprint density at radius 2 is 2.00 bits per heavy atom. The largest absolute Gasteiger partial charge is 0.492 e. The molecule has 5 rings (SSSR count). The number of imidazole rings is 1. The lowest BCUT2D eigenvalue weighted by Gasteiger charge is -2.30. The van der Waals surface area contributed by atoms with Gasteiger partial charge < -0.3 is 13.9 Å². The summed E-state index contributed by atoms with van der Waals surface area (Å²) >= 11 is 0. The van der Waals surface area contributed by atoms with Crippen LogP contribution in [0.5, 0.6) is 5.75 Å². The molecule has 1 aliphatic rings. The highest BCUT2D eigenvalue weighted by atomic mass is 32.2. The van der Waals surface area contributed by atoms with Crippen LogP contribution in [-0.4, -0.2) is 34.9 Å². The number of fused-ring (bicyclic) bond motifs is 1. The summed E-state index contributed by atoms with van der Waals surface area (Å²) in [5, 5.41) is 11.1. The molecule has 8 nitrogen and oxygen atoms in total. The van der Waals surface area contributed by atoms with Crippen molar-refractivity contribution in [2.75, 3.05) is 12.4 Å². The van der Waals surface area contributed by atoms with Crippen LogP contribution in [0.1, 0.15) is 44.2 Å². The summed E-state index contributed by atoms with van der Waals surface area (Å²) in [7, 11) is -3.24. The minimum absolute atomic E-state index is 0.135. The second kappa shape index (κ2) is 10.2. The lowest BCUT2D eigenvalue weighted by atomic mass is 9.92. The number of benzene rings is 2. The molecular formula is C27H30N5O3S+. The molecule has 0 aliphatic heterocycles. The van der Waals surface area contributed by atoms with Crippen molar-refractivity contribution in [3.63, 3.8) is 0 Å². The van der Waals surface area contributed by atoms with Gasteiger partial charge in [-0.2, -0.15) is 13.7 Å². The number of ether oxygens (including phenoxy) is 1. The molecule has 0 unspecified atom stereocenters. The van der Waals surface area contributed by atoms with Crippen molar-refractivity contribution >= 4 is 26.6 Å². The number of rotatable bonds is 10. The molecular weight excluding hydrogens is 474 g/mol. The van der Waals surface area contributed by atoms with E-state index >= 15 is 0 Å². The fraction of sp³-hybridized carbons (Fsp3) is 0.333. The second-order valence-corrected chi connectivity index (χ2v) is 11.2. The van der Waals surface area contributed by atoms with Crippen LogP contribution < -0.4 is 9.46 Å². The van der Waals surface area contributed by atoms with Crippen LogP contribution in [0.4, 0.5) is 5.69 Å². The zero-order valence-corrected chi connectivity index (χ0v) is 21.1. The van der Waals surface area contributed by atoms with E-state index in [4.69, 9.17) is 4.74 Å². The summed E-state index contributed by atoms with van der Waals surface area (Å²) in [6.07, 6.45) is 9.29. The minimum atomic E-state index is -3.24. The maximum atomic E-state index is 12.2. The van der Waals surface area contributed by atoms with Gasteiger partial charge >= 0.3 is 0 Å². The highest BCUT2D eigenvalue weighted by molar-refractivity contribution is 7.84. The molecule has 0 bridgehead atoms. The van der Waals surface area contributed by atoms with E-state index in [1.807, 2.05) is 60.2 Å². The molecule has 0 amide bonds. The van der Waals surface area contributed by atoms with Crippen LogP contribution >= 0.6 is 0 Å². The van der Waals surface area contributed by atoms with Crippen LogP contribution in [0.2, 0.25) is 0 Å². The van der Waals surface area contributed by atoms with E-state index in [0.29, 0.717) is 36.9 Å². The number of quaternary nitrogens is 1. The van der Waals surface area contributed by atoms with Gasteiger partial charge in [0.05, 0.1) is 29.6 Å². The summed E-state index contributed by atoms with van der Waals surface area (Å²) < 4.78 is 36.1. The van der Waals surface area contributed by atoms with Gasteiger partial charge in [0.25, 0.3) is 10.0 Å². The molecule has 9 heteroatoms. The minimum Gasteiger partial charge on any atom is -0.492 e. The van der Waals surface area contributed by atoms with Gasteiger partial charge in [-0.15, -0.1) is 0 Å². The average molecular weight is 505 g/mol. The van der Waals surface area contributed by atoms with Crippen molar-refractivity contribution in [2.45, 2.75) is 45.2 Å². The normalized spacial score (nSPS) is 14.0. The second-order valence-electron chi connectivity index (χ2n) is 9.22. The summed E-state index contributed by atoms with van der Waals surface area (Å²) in [4.78, 5) is 4.06. The number of hydrogen-bond acceptors (Lipinski definition) is 5. The van der Waals surface area contributed by atoms with E-state index in [2.05, 4.69) is 15.6 Å². The fourth-order valence-electron chi connectivity index (χ4n) is 4.76. The Balaban J connectivity index is 1.50. The molecule has 2 aromatic heterocycles. The molecule has 1 saturated carbocycles. The molecule has 1 aliphatic carbocycles. The highest BCUT2D eigenvalue weighted by Gasteiger charge is 2.28. The van der Waals surface area contributed by atoms with Gasteiger partial charge in [-0.05, 0) is 55.5 Å². The zero-order valence-electron chi connectivity index (χ0n) is 20.3. The number of nitrogens with zero attached hydrogens (tertiary/aromatic N) is 4. The Labute approximate surface area is 211 Å². The average Bonchev–Trinajstić information content (AvgIpc) is 3.44. The molecule has 0 radical (unpaired) electrons. The van der Waals surface area contributed by atoms with Crippen molar-refractivity contribution in [3.05, 3.63) is 66.7 Å². The van der Waals surface area contributed by atoms with Crippen LogP contribution in [0.3, 0.4) is 0 Å². The number of nitriles is 1. The van der Waals surface area contributed by atoms with Gasteiger partial charge in [0, 0.05) is 42.0 Å². The number of sulfonamides is 1. The highest BCUT2D eigenvalue weighted by Crippen LogP contribution is 2.43. The first-order chi connectivity index (χ1) is 17.5. The van der Waals surface area contributed by atoms with Crippen LogP contribution in [0, 0.1) is 11.3 Å². The maximum Gasteiger partial charge on any atom is 0.298 e. The topological polar surface area (TPSA) is 107 Å². The van der Waals surface area contributed by atoms with Gasteiger partial charge in [0.15, 0.2) is 0 Å². The lowest BCUT2D eigenvalue weighted by molar-refractivity contribution is -0.397. The van der Waals surface area contributed by atoms with E-state index < -0.39 is 10.0 Å². The molecule has 2 aromatic carbocycles. The number of hydrogen-bond donors (Lipinski definition) is 1. The first kappa shape index (κ1) is 24.1. The Bertz CT molecular complexity index is 1500.